The number of piperidine rings is 1. The fraction of sp³-hybridized carbons (Fsp3) is 0.500. The van der Waals surface area contributed by atoms with Crippen LogP contribution in [0.4, 0.5) is 0 Å². The summed E-state index contributed by atoms with van der Waals surface area (Å²) < 4.78 is 1.80. The summed E-state index contributed by atoms with van der Waals surface area (Å²) in [6, 6.07) is 4.03. The van der Waals surface area contributed by atoms with Gasteiger partial charge in [-0.3, -0.25) is 4.90 Å². The van der Waals surface area contributed by atoms with Crippen molar-refractivity contribution in [3.05, 3.63) is 29.2 Å². The maximum atomic E-state index is 5.95. The van der Waals surface area contributed by atoms with E-state index in [1.54, 1.807) is 4.52 Å². The molecule has 0 spiro atoms. The highest BCUT2D eigenvalue weighted by Crippen LogP contribution is 2.27. The average Bonchev–Trinajstić information content (AvgIpc) is 2.72. The molecule has 2 aromatic rings. The third-order valence-corrected chi connectivity index (χ3v) is 3.62. The molecular formula is C12H15ClN4. The third-order valence-electron chi connectivity index (χ3n) is 3.38. The fourth-order valence-electron chi connectivity index (χ4n) is 2.42. The molecule has 3 heterocycles. The molecule has 0 bridgehead atoms. The van der Waals surface area contributed by atoms with Gasteiger partial charge in [0, 0.05) is 17.3 Å². The fourth-order valence-corrected chi connectivity index (χ4v) is 2.57. The maximum Gasteiger partial charge on any atom is 0.168 e. The van der Waals surface area contributed by atoms with Gasteiger partial charge in [-0.05, 0) is 32.5 Å². The molecule has 0 amide bonds. The Morgan fingerprint density at radius 1 is 1.41 bits per heavy atom. The van der Waals surface area contributed by atoms with Crippen LogP contribution in [0, 0.1) is 0 Å². The molecular weight excluding hydrogens is 236 g/mol. The van der Waals surface area contributed by atoms with Gasteiger partial charge in [-0.25, -0.2) is 9.50 Å². The highest BCUT2D eigenvalue weighted by atomic mass is 35.5. The lowest BCUT2D eigenvalue weighted by molar-refractivity contribution is 0.179. The molecule has 0 saturated carbocycles. The van der Waals surface area contributed by atoms with Crippen molar-refractivity contribution in [3.63, 3.8) is 0 Å². The van der Waals surface area contributed by atoms with Gasteiger partial charge in [-0.1, -0.05) is 18.0 Å². The molecule has 0 radical (unpaired) electrons. The molecule has 1 atom stereocenters. The van der Waals surface area contributed by atoms with E-state index in [-0.39, 0.29) is 0 Å². The van der Waals surface area contributed by atoms with Crippen LogP contribution in [-0.4, -0.2) is 33.1 Å². The predicted octanol–water partition coefficient (Wildman–Crippen LogP) is 2.54. The Morgan fingerprint density at radius 2 is 2.29 bits per heavy atom. The standard InChI is InChI=1S/C12H15ClN4/c1-16-6-3-2-4-10(16)12-14-11-8-9(13)5-7-17(11)15-12/h5,7-8,10H,2-4,6H2,1H3. The summed E-state index contributed by atoms with van der Waals surface area (Å²) in [5, 5.41) is 5.24. The summed E-state index contributed by atoms with van der Waals surface area (Å²) in [5.41, 5.74) is 0.825. The van der Waals surface area contributed by atoms with Gasteiger partial charge in [0.25, 0.3) is 0 Å². The minimum atomic E-state index is 0.349. The minimum absolute atomic E-state index is 0.349. The smallest absolute Gasteiger partial charge is 0.168 e. The van der Waals surface area contributed by atoms with Crippen LogP contribution in [0.3, 0.4) is 0 Å². The van der Waals surface area contributed by atoms with Crippen LogP contribution in [0.25, 0.3) is 5.65 Å². The Morgan fingerprint density at radius 3 is 3.12 bits per heavy atom. The van der Waals surface area contributed by atoms with Crippen LogP contribution in [0.1, 0.15) is 31.1 Å². The first kappa shape index (κ1) is 11.0. The third kappa shape index (κ3) is 2.03. The maximum absolute atomic E-state index is 5.95. The van der Waals surface area contributed by atoms with Crippen molar-refractivity contribution in [1.82, 2.24) is 19.5 Å². The van der Waals surface area contributed by atoms with E-state index in [4.69, 9.17) is 11.6 Å². The second-order valence-electron chi connectivity index (χ2n) is 4.61. The van der Waals surface area contributed by atoms with Crippen LogP contribution in [0.5, 0.6) is 0 Å². The van der Waals surface area contributed by atoms with E-state index in [0.717, 1.165) is 24.4 Å². The largest absolute Gasteiger partial charge is 0.296 e. The lowest BCUT2D eigenvalue weighted by atomic mass is 10.0. The van der Waals surface area contributed by atoms with Gasteiger partial charge in [0.2, 0.25) is 0 Å². The van der Waals surface area contributed by atoms with Crippen molar-refractivity contribution in [2.75, 3.05) is 13.6 Å². The van der Waals surface area contributed by atoms with Gasteiger partial charge in [-0.15, -0.1) is 5.10 Å². The SMILES string of the molecule is CN1CCCCC1c1nc2cc(Cl)ccn2n1. The van der Waals surface area contributed by atoms with Crippen molar-refractivity contribution in [1.29, 1.82) is 0 Å². The number of fused-ring (bicyclic) bond motifs is 1. The van der Waals surface area contributed by atoms with Crippen LogP contribution < -0.4 is 0 Å². The number of pyridine rings is 1. The van der Waals surface area contributed by atoms with Gasteiger partial charge in [-0.2, -0.15) is 0 Å². The quantitative estimate of drug-likeness (QED) is 0.780. The summed E-state index contributed by atoms with van der Waals surface area (Å²) in [7, 11) is 2.14. The van der Waals surface area contributed by atoms with E-state index in [2.05, 4.69) is 22.0 Å². The number of hydrogen-bond acceptors (Lipinski definition) is 3. The van der Waals surface area contributed by atoms with Crippen molar-refractivity contribution in [2.24, 2.45) is 0 Å². The molecule has 2 aromatic heterocycles. The predicted molar refractivity (Wildman–Crippen MR) is 67.2 cm³/mol. The van der Waals surface area contributed by atoms with Gasteiger partial charge >= 0.3 is 0 Å². The van der Waals surface area contributed by atoms with E-state index < -0.39 is 0 Å². The van der Waals surface area contributed by atoms with Gasteiger partial charge in [0.1, 0.15) is 0 Å². The molecule has 1 aliphatic rings. The highest BCUT2D eigenvalue weighted by molar-refractivity contribution is 6.30. The van der Waals surface area contributed by atoms with E-state index in [0.29, 0.717) is 11.1 Å². The Balaban J connectivity index is 1.99. The average molecular weight is 251 g/mol. The molecule has 1 fully saturated rings. The summed E-state index contributed by atoms with van der Waals surface area (Å²) in [5.74, 6) is 0.912. The van der Waals surface area contributed by atoms with Gasteiger partial charge in [0.05, 0.1) is 6.04 Å². The Bertz CT molecular complexity index is 536. The van der Waals surface area contributed by atoms with Crippen molar-refractivity contribution < 1.29 is 0 Å². The lowest BCUT2D eigenvalue weighted by Crippen LogP contribution is -2.30. The Labute approximate surface area is 105 Å². The number of hydrogen-bond donors (Lipinski definition) is 0. The van der Waals surface area contributed by atoms with E-state index >= 15 is 0 Å². The summed E-state index contributed by atoms with van der Waals surface area (Å²) in [6.45, 7) is 1.13. The van der Waals surface area contributed by atoms with Crippen molar-refractivity contribution in [2.45, 2.75) is 25.3 Å². The number of nitrogens with zero attached hydrogens (tertiary/aromatic N) is 4. The van der Waals surface area contributed by atoms with Crippen molar-refractivity contribution >= 4 is 17.2 Å². The summed E-state index contributed by atoms with van der Waals surface area (Å²) in [4.78, 5) is 6.91. The number of rotatable bonds is 1. The Kier molecular flexibility index (Phi) is 2.76. The molecule has 3 rings (SSSR count). The molecule has 0 N–H and O–H groups in total. The molecule has 1 aliphatic heterocycles. The molecule has 0 aliphatic carbocycles. The number of likely N-dealkylation sites (tertiary alicyclic amines) is 1. The zero-order valence-electron chi connectivity index (χ0n) is 9.80. The zero-order chi connectivity index (χ0) is 11.8. The second kappa shape index (κ2) is 4.27. The lowest BCUT2D eigenvalue weighted by Gasteiger charge is -2.30. The van der Waals surface area contributed by atoms with Crippen LogP contribution in [-0.2, 0) is 0 Å². The van der Waals surface area contributed by atoms with Crippen LogP contribution >= 0.6 is 11.6 Å². The van der Waals surface area contributed by atoms with E-state index in [1.807, 2.05) is 18.3 Å². The summed E-state index contributed by atoms with van der Waals surface area (Å²) in [6.07, 6.45) is 5.52. The molecule has 1 saturated heterocycles. The zero-order valence-corrected chi connectivity index (χ0v) is 10.6. The highest BCUT2D eigenvalue weighted by Gasteiger charge is 2.24. The first-order valence-electron chi connectivity index (χ1n) is 5.96. The van der Waals surface area contributed by atoms with Crippen LogP contribution in [0.2, 0.25) is 5.02 Å². The molecule has 4 nitrogen and oxygen atoms in total. The minimum Gasteiger partial charge on any atom is -0.296 e. The number of aromatic nitrogens is 3. The molecule has 1 unspecified atom stereocenters. The van der Waals surface area contributed by atoms with E-state index in [1.165, 1.54) is 12.8 Å². The Hall–Kier alpha value is -1.13. The monoisotopic (exact) mass is 250 g/mol. The number of halogens is 1. The van der Waals surface area contributed by atoms with E-state index in [9.17, 15) is 0 Å². The summed E-state index contributed by atoms with van der Waals surface area (Å²) >= 11 is 5.95. The first-order valence-corrected chi connectivity index (χ1v) is 6.34. The molecule has 17 heavy (non-hydrogen) atoms. The van der Waals surface area contributed by atoms with Gasteiger partial charge < -0.3 is 0 Å². The molecule has 90 valence electrons. The molecule has 5 heteroatoms. The van der Waals surface area contributed by atoms with Gasteiger partial charge in [0.15, 0.2) is 11.5 Å². The first-order chi connectivity index (χ1) is 8.24. The normalized spacial score (nSPS) is 22.1. The topological polar surface area (TPSA) is 33.4 Å². The molecule has 0 aromatic carbocycles. The van der Waals surface area contributed by atoms with Crippen molar-refractivity contribution in [3.8, 4) is 0 Å². The van der Waals surface area contributed by atoms with Crippen LogP contribution in [0.15, 0.2) is 18.3 Å². The second-order valence-corrected chi connectivity index (χ2v) is 5.05.